The summed E-state index contributed by atoms with van der Waals surface area (Å²) in [6.07, 6.45) is -3.22. The molecular weight excluding hydrogens is 411 g/mol. The lowest BCUT2D eigenvalue weighted by atomic mass is 9.78. The molecule has 0 saturated carbocycles. The Kier molecular flexibility index (Phi) is 8.30. The van der Waals surface area contributed by atoms with Crippen LogP contribution in [0, 0.1) is 0 Å². The normalized spacial score (nSPS) is 16.8. The van der Waals surface area contributed by atoms with Gasteiger partial charge in [0.15, 0.2) is 0 Å². The Morgan fingerprint density at radius 1 is 0.968 bits per heavy atom. The van der Waals surface area contributed by atoms with Crippen molar-refractivity contribution in [3.63, 3.8) is 0 Å². The molecule has 0 amide bonds. The van der Waals surface area contributed by atoms with Gasteiger partial charge in [-0.25, -0.2) is 9.59 Å². The number of benzene rings is 1. The highest BCUT2D eigenvalue weighted by Crippen LogP contribution is 2.44. The highest BCUT2D eigenvalue weighted by molar-refractivity contribution is 6.00. The Hall–Kier alpha value is -2.77. The first-order chi connectivity index (χ1) is 14.7. The summed E-state index contributed by atoms with van der Waals surface area (Å²) >= 11 is 0. The molecule has 2 rings (SSSR count). The van der Waals surface area contributed by atoms with Gasteiger partial charge in [-0.05, 0) is 37.8 Å². The third kappa shape index (κ3) is 5.48. The summed E-state index contributed by atoms with van der Waals surface area (Å²) in [5.41, 5.74) is -0.340. The summed E-state index contributed by atoms with van der Waals surface area (Å²) in [4.78, 5) is 25.9. The van der Waals surface area contributed by atoms with Crippen LogP contribution < -0.4 is 5.32 Å². The molecule has 1 atom stereocenters. The summed E-state index contributed by atoms with van der Waals surface area (Å²) in [6, 6.07) is 4.97. The van der Waals surface area contributed by atoms with Gasteiger partial charge in [0.2, 0.25) is 0 Å². The lowest BCUT2D eigenvalue weighted by Crippen LogP contribution is -2.34. The van der Waals surface area contributed by atoms with E-state index in [4.69, 9.17) is 9.47 Å². The molecule has 1 N–H and O–H groups in total. The Labute approximate surface area is 180 Å². The van der Waals surface area contributed by atoms with Gasteiger partial charge in [0.1, 0.15) is 0 Å². The largest absolute Gasteiger partial charge is 0.462 e. The van der Waals surface area contributed by atoms with Gasteiger partial charge in [-0.3, -0.25) is 0 Å². The zero-order valence-electron chi connectivity index (χ0n) is 18.2. The Bertz CT molecular complexity index is 887. The van der Waals surface area contributed by atoms with Crippen LogP contribution in [0.3, 0.4) is 0 Å². The van der Waals surface area contributed by atoms with Gasteiger partial charge in [-0.1, -0.05) is 39.0 Å². The Morgan fingerprint density at radius 2 is 1.52 bits per heavy atom. The fourth-order valence-electron chi connectivity index (χ4n) is 3.55. The van der Waals surface area contributed by atoms with Crippen molar-refractivity contribution in [2.24, 2.45) is 0 Å². The van der Waals surface area contributed by atoms with Crippen molar-refractivity contribution in [3.8, 4) is 0 Å². The SMILES string of the molecule is CCCOC(=O)C1=C(C)NC(CC)=C(C(=O)OCCC)C1c1ccccc1C(F)(F)F. The van der Waals surface area contributed by atoms with E-state index in [9.17, 15) is 22.8 Å². The second-order valence-corrected chi connectivity index (χ2v) is 7.20. The average Bonchev–Trinajstić information content (AvgIpc) is 2.74. The van der Waals surface area contributed by atoms with Gasteiger partial charge in [0, 0.05) is 11.4 Å². The fraction of sp³-hybridized carbons (Fsp3) is 0.478. The van der Waals surface area contributed by atoms with Crippen LogP contribution >= 0.6 is 0 Å². The van der Waals surface area contributed by atoms with Crippen molar-refractivity contribution < 1.29 is 32.2 Å². The molecule has 0 radical (unpaired) electrons. The van der Waals surface area contributed by atoms with Crippen molar-refractivity contribution in [2.45, 2.75) is 59.1 Å². The van der Waals surface area contributed by atoms with E-state index in [-0.39, 0.29) is 29.9 Å². The van der Waals surface area contributed by atoms with Crippen LogP contribution in [0.1, 0.15) is 64.0 Å². The molecular formula is C23H28F3NO4. The zero-order chi connectivity index (χ0) is 23.2. The van der Waals surface area contributed by atoms with Crippen LogP contribution in [0.15, 0.2) is 46.8 Å². The summed E-state index contributed by atoms with van der Waals surface area (Å²) < 4.78 is 52.1. The van der Waals surface area contributed by atoms with Crippen LogP contribution in [-0.4, -0.2) is 25.2 Å². The number of halogens is 3. The third-order valence-corrected chi connectivity index (χ3v) is 4.89. The van der Waals surface area contributed by atoms with Crippen molar-refractivity contribution in [2.75, 3.05) is 13.2 Å². The van der Waals surface area contributed by atoms with Crippen LogP contribution in [0.25, 0.3) is 0 Å². The number of rotatable bonds is 8. The number of dihydropyridines is 1. The van der Waals surface area contributed by atoms with Crippen LogP contribution in [0.5, 0.6) is 0 Å². The van der Waals surface area contributed by atoms with E-state index in [1.165, 1.54) is 18.2 Å². The van der Waals surface area contributed by atoms with E-state index in [1.807, 2.05) is 13.8 Å². The van der Waals surface area contributed by atoms with E-state index in [1.54, 1.807) is 13.8 Å². The standard InChI is InChI=1S/C23H28F3NO4/c1-5-12-30-21(28)18-14(4)27-17(7-3)20(22(29)31-13-6-2)19(18)15-10-8-9-11-16(15)23(24,25)26/h8-11,19,27H,5-7,12-13H2,1-4H3. The van der Waals surface area contributed by atoms with Gasteiger partial charge in [0.25, 0.3) is 0 Å². The molecule has 8 heteroatoms. The second kappa shape index (κ2) is 10.5. The maximum atomic E-state index is 13.9. The molecule has 31 heavy (non-hydrogen) atoms. The molecule has 1 aromatic carbocycles. The van der Waals surface area contributed by atoms with Gasteiger partial charge in [-0.15, -0.1) is 0 Å². The molecule has 1 aromatic rings. The number of allylic oxidation sites excluding steroid dienone is 2. The highest BCUT2D eigenvalue weighted by Gasteiger charge is 2.43. The van der Waals surface area contributed by atoms with E-state index in [2.05, 4.69) is 5.32 Å². The molecule has 0 saturated heterocycles. The topological polar surface area (TPSA) is 64.6 Å². The first-order valence-corrected chi connectivity index (χ1v) is 10.4. The summed E-state index contributed by atoms with van der Waals surface area (Å²) in [6.45, 7) is 7.22. The van der Waals surface area contributed by atoms with Gasteiger partial charge in [0.05, 0.1) is 35.8 Å². The Morgan fingerprint density at radius 3 is 2.03 bits per heavy atom. The van der Waals surface area contributed by atoms with Crippen LogP contribution in [0.4, 0.5) is 13.2 Å². The number of hydrogen-bond donors (Lipinski definition) is 1. The van der Waals surface area contributed by atoms with Crippen LogP contribution in [-0.2, 0) is 25.2 Å². The number of esters is 2. The highest BCUT2D eigenvalue weighted by atomic mass is 19.4. The van der Waals surface area contributed by atoms with Crippen molar-refractivity contribution in [3.05, 3.63) is 57.9 Å². The lowest BCUT2D eigenvalue weighted by molar-refractivity contribution is -0.142. The third-order valence-electron chi connectivity index (χ3n) is 4.89. The summed E-state index contributed by atoms with van der Waals surface area (Å²) in [5.74, 6) is -2.77. The molecule has 1 aliphatic rings. The van der Waals surface area contributed by atoms with Gasteiger partial charge >= 0.3 is 18.1 Å². The molecule has 0 aliphatic carbocycles. The molecule has 0 bridgehead atoms. The molecule has 0 fully saturated rings. The van der Waals surface area contributed by atoms with Gasteiger partial charge in [-0.2, -0.15) is 13.2 Å². The summed E-state index contributed by atoms with van der Waals surface area (Å²) in [5, 5.41) is 3.02. The number of ether oxygens (including phenoxy) is 2. The van der Waals surface area contributed by atoms with Crippen molar-refractivity contribution in [1.29, 1.82) is 0 Å². The van der Waals surface area contributed by atoms with E-state index in [0.717, 1.165) is 6.07 Å². The van der Waals surface area contributed by atoms with E-state index < -0.39 is 29.6 Å². The molecule has 0 spiro atoms. The number of carbonyl (C=O) groups excluding carboxylic acids is 2. The first-order valence-electron chi connectivity index (χ1n) is 10.4. The van der Waals surface area contributed by atoms with Gasteiger partial charge < -0.3 is 14.8 Å². The smallest absolute Gasteiger partial charge is 0.416 e. The predicted octanol–water partition coefficient (Wildman–Crippen LogP) is 5.24. The number of hydrogen-bond acceptors (Lipinski definition) is 5. The molecule has 1 unspecified atom stereocenters. The number of alkyl halides is 3. The number of carbonyl (C=O) groups is 2. The minimum atomic E-state index is -4.67. The molecule has 1 aliphatic heterocycles. The maximum Gasteiger partial charge on any atom is 0.416 e. The molecule has 5 nitrogen and oxygen atoms in total. The van der Waals surface area contributed by atoms with E-state index in [0.29, 0.717) is 30.7 Å². The van der Waals surface area contributed by atoms with Crippen LogP contribution in [0.2, 0.25) is 0 Å². The molecule has 0 aromatic heterocycles. The monoisotopic (exact) mass is 439 g/mol. The molecule has 170 valence electrons. The zero-order valence-corrected chi connectivity index (χ0v) is 18.2. The quantitative estimate of drug-likeness (QED) is 0.562. The minimum Gasteiger partial charge on any atom is -0.462 e. The predicted molar refractivity (Wildman–Crippen MR) is 110 cm³/mol. The number of nitrogens with one attached hydrogen (secondary N) is 1. The van der Waals surface area contributed by atoms with Crippen molar-refractivity contribution >= 4 is 11.9 Å². The van der Waals surface area contributed by atoms with Crippen molar-refractivity contribution in [1.82, 2.24) is 5.32 Å². The average molecular weight is 439 g/mol. The second-order valence-electron chi connectivity index (χ2n) is 7.20. The summed E-state index contributed by atoms with van der Waals surface area (Å²) in [7, 11) is 0. The minimum absolute atomic E-state index is 0.00157. The Balaban J connectivity index is 2.76. The fourth-order valence-corrected chi connectivity index (χ4v) is 3.55. The maximum absolute atomic E-state index is 13.9. The van der Waals surface area contributed by atoms with E-state index >= 15 is 0 Å². The first kappa shape index (κ1) is 24.5. The molecule has 1 heterocycles. The lowest BCUT2D eigenvalue weighted by Gasteiger charge is -2.32.